The molecule has 242 valence electrons. The van der Waals surface area contributed by atoms with Crippen molar-refractivity contribution in [1.29, 1.82) is 0 Å². The lowest BCUT2D eigenvalue weighted by atomic mass is 10.0. The van der Waals surface area contributed by atoms with E-state index in [0.29, 0.717) is 39.2 Å². The summed E-state index contributed by atoms with van der Waals surface area (Å²) in [6, 6.07) is 24.5. The van der Waals surface area contributed by atoms with Gasteiger partial charge in [-0.25, -0.2) is 8.42 Å². The number of rotatable bonds is 13. The maximum Gasteiger partial charge on any atom is 0.264 e. The van der Waals surface area contributed by atoms with Crippen LogP contribution in [-0.4, -0.2) is 44.3 Å². The smallest absolute Gasteiger partial charge is 0.264 e. The van der Waals surface area contributed by atoms with Crippen molar-refractivity contribution < 1.29 is 18.0 Å². The summed E-state index contributed by atoms with van der Waals surface area (Å²) in [7, 11) is -4.27. The van der Waals surface area contributed by atoms with Gasteiger partial charge in [0.25, 0.3) is 10.0 Å². The SMILES string of the molecule is CCCNC(=O)[C@@H](Cc1ccccc1)N(Cc1c(Cl)cccc1Cl)C(=O)CN(c1cccc(Cl)c1C)S(=O)(=O)c1ccc(C)cc1. The number of sulfonamides is 1. The normalized spacial score (nSPS) is 12.0. The first kappa shape index (κ1) is 35.3. The molecule has 1 N–H and O–H groups in total. The third-order valence-electron chi connectivity index (χ3n) is 7.61. The number of nitrogens with one attached hydrogen (secondary N) is 1. The Hall–Kier alpha value is -3.56. The average Bonchev–Trinajstić information content (AvgIpc) is 3.03. The number of anilines is 1. The van der Waals surface area contributed by atoms with Gasteiger partial charge in [0.05, 0.1) is 10.6 Å². The molecule has 0 aliphatic carbocycles. The van der Waals surface area contributed by atoms with Crippen molar-refractivity contribution in [2.45, 2.75) is 51.1 Å². The lowest BCUT2D eigenvalue weighted by Crippen LogP contribution is -2.53. The van der Waals surface area contributed by atoms with Crippen LogP contribution in [-0.2, 0) is 32.6 Å². The Morgan fingerprint density at radius 3 is 2.04 bits per heavy atom. The maximum atomic E-state index is 14.6. The fraction of sp³-hybridized carbons (Fsp3) is 0.257. The number of nitrogens with zero attached hydrogens (tertiary/aromatic N) is 2. The number of carbonyl (C=O) groups is 2. The van der Waals surface area contributed by atoms with E-state index in [1.165, 1.54) is 17.0 Å². The molecule has 0 spiro atoms. The van der Waals surface area contributed by atoms with Crippen LogP contribution < -0.4 is 9.62 Å². The first-order valence-electron chi connectivity index (χ1n) is 14.8. The van der Waals surface area contributed by atoms with Crippen LogP contribution in [0.5, 0.6) is 0 Å². The average molecular weight is 701 g/mol. The lowest BCUT2D eigenvalue weighted by Gasteiger charge is -2.34. The zero-order valence-corrected chi connectivity index (χ0v) is 28.9. The van der Waals surface area contributed by atoms with Gasteiger partial charge in [0, 0.05) is 40.1 Å². The van der Waals surface area contributed by atoms with E-state index in [1.807, 2.05) is 44.2 Å². The number of carbonyl (C=O) groups excluding carboxylic acids is 2. The summed E-state index contributed by atoms with van der Waals surface area (Å²) in [5.74, 6) is -1.01. The van der Waals surface area contributed by atoms with E-state index < -0.39 is 28.5 Å². The van der Waals surface area contributed by atoms with E-state index in [9.17, 15) is 18.0 Å². The van der Waals surface area contributed by atoms with Crippen molar-refractivity contribution in [3.05, 3.63) is 128 Å². The molecule has 0 unspecified atom stereocenters. The number of benzene rings is 4. The van der Waals surface area contributed by atoms with E-state index in [1.54, 1.807) is 55.5 Å². The predicted octanol–water partition coefficient (Wildman–Crippen LogP) is 7.63. The molecule has 0 heterocycles. The van der Waals surface area contributed by atoms with Gasteiger partial charge in [-0.3, -0.25) is 13.9 Å². The largest absolute Gasteiger partial charge is 0.354 e. The van der Waals surface area contributed by atoms with Crippen molar-refractivity contribution in [2.75, 3.05) is 17.4 Å². The molecule has 0 aromatic heterocycles. The summed E-state index contributed by atoms with van der Waals surface area (Å²) in [5, 5.41) is 3.89. The topological polar surface area (TPSA) is 86.8 Å². The highest BCUT2D eigenvalue weighted by Crippen LogP contribution is 2.32. The first-order valence-corrected chi connectivity index (χ1v) is 17.4. The Labute approximate surface area is 286 Å². The van der Waals surface area contributed by atoms with E-state index in [0.717, 1.165) is 15.4 Å². The second-order valence-corrected chi connectivity index (χ2v) is 14.0. The summed E-state index contributed by atoms with van der Waals surface area (Å²) in [6.45, 7) is 5.12. The fourth-order valence-corrected chi connectivity index (χ4v) is 7.15. The number of aryl methyl sites for hydroxylation is 1. The highest BCUT2D eigenvalue weighted by atomic mass is 35.5. The second-order valence-electron chi connectivity index (χ2n) is 10.9. The van der Waals surface area contributed by atoms with E-state index in [2.05, 4.69) is 5.32 Å². The molecule has 0 aliphatic rings. The lowest BCUT2D eigenvalue weighted by molar-refractivity contribution is -0.140. The zero-order chi connectivity index (χ0) is 33.4. The molecule has 11 heteroatoms. The Bertz CT molecular complexity index is 1760. The fourth-order valence-electron chi connectivity index (χ4n) is 4.99. The van der Waals surface area contributed by atoms with Crippen molar-refractivity contribution >= 4 is 62.3 Å². The van der Waals surface area contributed by atoms with Crippen molar-refractivity contribution in [3.63, 3.8) is 0 Å². The molecule has 4 aromatic rings. The van der Waals surface area contributed by atoms with Crippen LogP contribution in [0.3, 0.4) is 0 Å². The highest BCUT2D eigenvalue weighted by Gasteiger charge is 2.35. The third kappa shape index (κ3) is 8.42. The van der Waals surface area contributed by atoms with E-state index in [4.69, 9.17) is 34.8 Å². The number of amides is 2. The Balaban J connectivity index is 1.86. The molecule has 0 aliphatic heterocycles. The molecular formula is C35H36Cl3N3O4S. The van der Waals surface area contributed by atoms with Gasteiger partial charge < -0.3 is 10.2 Å². The van der Waals surface area contributed by atoms with Crippen LogP contribution in [0.15, 0.2) is 95.9 Å². The molecule has 0 saturated carbocycles. The molecule has 0 fully saturated rings. The summed E-state index contributed by atoms with van der Waals surface area (Å²) in [4.78, 5) is 29.8. The molecule has 1 atom stereocenters. The monoisotopic (exact) mass is 699 g/mol. The van der Waals surface area contributed by atoms with E-state index in [-0.39, 0.29) is 29.5 Å². The molecule has 4 aromatic carbocycles. The first-order chi connectivity index (χ1) is 21.9. The minimum atomic E-state index is -4.27. The third-order valence-corrected chi connectivity index (χ3v) is 10.5. The molecular weight excluding hydrogens is 665 g/mol. The summed E-state index contributed by atoms with van der Waals surface area (Å²) >= 11 is 19.6. The Morgan fingerprint density at radius 1 is 0.804 bits per heavy atom. The number of hydrogen-bond donors (Lipinski definition) is 1. The minimum Gasteiger partial charge on any atom is -0.354 e. The standard InChI is InChI=1S/C35H36Cl3N3O4S/c1-4-20-39-35(43)33(21-26-10-6-5-7-11-26)40(22-28-30(37)13-8-14-31(28)38)34(42)23-41(32-15-9-12-29(36)25(32)3)46(44,45)27-18-16-24(2)17-19-27/h5-19,33H,4,20-23H2,1-3H3,(H,39,43)/t33-/m1/s1. The molecule has 0 bridgehead atoms. The number of halogens is 3. The predicted molar refractivity (Wildman–Crippen MR) is 186 cm³/mol. The minimum absolute atomic E-state index is 0.00694. The van der Waals surface area contributed by atoms with Gasteiger partial charge in [-0.2, -0.15) is 0 Å². The maximum absolute atomic E-state index is 14.6. The Morgan fingerprint density at radius 2 is 1.41 bits per heavy atom. The Kier molecular flexibility index (Phi) is 12.1. The number of hydrogen-bond acceptors (Lipinski definition) is 4. The van der Waals surface area contributed by atoms with Gasteiger partial charge in [-0.15, -0.1) is 0 Å². The second kappa shape index (κ2) is 15.8. The van der Waals surface area contributed by atoms with Gasteiger partial charge in [-0.05, 0) is 67.8 Å². The molecule has 46 heavy (non-hydrogen) atoms. The summed E-state index contributed by atoms with van der Waals surface area (Å²) in [5.41, 5.74) is 2.86. The van der Waals surface area contributed by atoms with E-state index >= 15 is 0 Å². The van der Waals surface area contributed by atoms with Crippen LogP contribution in [0.1, 0.15) is 35.6 Å². The van der Waals surface area contributed by atoms with Gasteiger partial charge in [0.15, 0.2) is 0 Å². The zero-order valence-electron chi connectivity index (χ0n) is 25.8. The van der Waals surface area contributed by atoms with Crippen LogP contribution >= 0.6 is 34.8 Å². The van der Waals surface area contributed by atoms with Crippen LogP contribution in [0.4, 0.5) is 5.69 Å². The molecule has 7 nitrogen and oxygen atoms in total. The van der Waals surface area contributed by atoms with Crippen molar-refractivity contribution in [3.8, 4) is 0 Å². The molecule has 2 amide bonds. The van der Waals surface area contributed by atoms with Gasteiger partial charge in [-0.1, -0.05) is 102 Å². The van der Waals surface area contributed by atoms with Gasteiger partial charge in [0.1, 0.15) is 12.6 Å². The van der Waals surface area contributed by atoms with Crippen LogP contribution in [0.25, 0.3) is 0 Å². The van der Waals surface area contributed by atoms with Gasteiger partial charge in [0.2, 0.25) is 11.8 Å². The molecule has 0 saturated heterocycles. The highest BCUT2D eigenvalue weighted by molar-refractivity contribution is 7.92. The van der Waals surface area contributed by atoms with Crippen molar-refractivity contribution in [1.82, 2.24) is 10.2 Å². The summed E-state index contributed by atoms with van der Waals surface area (Å²) < 4.78 is 29.6. The van der Waals surface area contributed by atoms with Crippen molar-refractivity contribution in [2.24, 2.45) is 0 Å². The summed E-state index contributed by atoms with van der Waals surface area (Å²) in [6.07, 6.45) is 0.857. The molecule has 0 radical (unpaired) electrons. The quantitative estimate of drug-likeness (QED) is 0.156. The van der Waals surface area contributed by atoms with Gasteiger partial charge >= 0.3 is 0 Å². The van der Waals surface area contributed by atoms with Crippen LogP contribution in [0.2, 0.25) is 15.1 Å². The molecule has 4 rings (SSSR count). The van der Waals surface area contributed by atoms with Crippen LogP contribution in [0, 0.1) is 13.8 Å².